The molecule has 0 atom stereocenters. The number of hydrogen-bond donors (Lipinski definition) is 2. The highest BCUT2D eigenvalue weighted by molar-refractivity contribution is 6.30. The van der Waals surface area contributed by atoms with Gasteiger partial charge in [0.25, 0.3) is 5.91 Å². The van der Waals surface area contributed by atoms with Crippen LogP contribution < -0.4 is 11.5 Å². The smallest absolute Gasteiger partial charge is 0.410 e. The fourth-order valence-corrected chi connectivity index (χ4v) is 5.07. The lowest BCUT2D eigenvalue weighted by Gasteiger charge is -2.30. The Hall–Kier alpha value is -3.53. The first-order valence-electron chi connectivity index (χ1n) is 12.9. The largest absolute Gasteiger partial charge is 0.444 e. The van der Waals surface area contributed by atoms with Crippen molar-refractivity contribution in [3.63, 3.8) is 0 Å². The molecule has 1 aliphatic rings. The molecule has 1 saturated heterocycles. The zero-order valence-corrected chi connectivity index (χ0v) is 23.2. The van der Waals surface area contributed by atoms with Crippen LogP contribution in [-0.2, 0) is 11.3 Å². The summed E-state index contributed by atoms with van der Waals surface area (Å²) in [7, 11) is 0. The van der Waals surface area contributed by atoms with Gasteiger partial charge >= 0.3 is 6.09 Å². The van der Waals surface area contributed by atoms with Gasteiger partial charge in [0.2, 0.25) is 0 Å². The van der Waals surface area contributed by atoms with Crippen molar-refractivity contribution >= 4 is 29.4 Å². The third kappa shape index (κ3) is 6.30. The van der Waals surface area contributed by atoms with E-state index in [0.717, 1.165) is 31.2 Å². The lowest BCUT2D eigenvalue weighted by molar-refractivity contribution is 0.0228. The van der Waals surface area contributed by atoms with Gasteiger partial charge in [-0.25, -0.2) is 9.48 Å². The Morgan fingerprint density at radius 3 is 2.45 bits per heavy atom. The molecular weight excluding hydrogens is 506 g/mol. The van der Waals surface area contributed by atoms with Crippen LogP contribution in [0.25, 0.3) is 11.3 Å². The number of nitrogen functional groups attached to an aromatic ring is 1. The number of anilines is 1. The van der Waals surface area contributed by atoms with Gasteiger partial charge in [-0.05, 0) is 71.1 Å². The zero-order valence-electron chi connectivity index (χ0n) is 22.4. The lowest BCUT2D eigenvalue weighted by Crippen LogP contribution is -2.39. The number of nitrogens with zero attached hydrogens (tertiary/aromatic N) is 5. The molecule has 0 radical (unpaired) electrons. The Morgan fingerprint density at radius 2 is 1.84 bits per heavy atom. The average Bonchev–Trinajstić information content (AvgIpc) is 3.31. The summed E-state index contributed by atoms with van der Waals surface area (Å²) in [5.41, 5.74) is 14.8. The quantitative estimate of drug-likeness (QED) is 0.477. The van der Waals surface area contributed by atoms with Crippen LogP contribution >= 0.6 is 11.6 Å². The average molecular weight is 542 g/mol. The highest BCUT2D eigenvalue weighted by Gasteiger charge is 2.29. The molecule has 3 heterocycles. The van der Waals surface area contributed by atoms with E-state index in [1.54, 1.807) is 14.3 Å². The molecule has 0 aliphatic carbocycles. The molecule has 0 bridgehead atoms. The number of hydrogen-bond acceptors (Lipinski definition) is 6. The molecule has 4 N–H and O–H groups in total. The molecule has 0 spiro atoms. The number of aryl methyl sites for hydroxylation is 1. The maximum atomic E-state index is 12.5. The minimum atomic E-state index is -0.632. The molecule has 1 aliphatic heterocycles. The van der Waals surface area contributed by atoms with Crippen molar-refractivity contribution in [2.24, 2.45) is 5.73 Å². The number of halogens is 1. The van der Waals surface area contributed by atoms with Crippen molar-refractivity contribution in [1.82, 2.24) is 24.5 Å². The number of carbonyl (C=O) groups excluding carboxylic acids is 2. The number of aromatic nitrogens is 4. The standard InChI is InChI=1S/C27H36ClN7O3/c1-17-21(16-34(31-17)15-18-8-5-9-19(28)14-18)23-22(25(30)36)24(29)35(32-23)20-10-6-12-33(13-7-11-20)26(37)38-27(2,3)4/h5,8-9,14,16,20H,6-7,10-13,15,29H2,1-4H3,(H2,30,36). The first kappa shape index (κ1) is 27.5. The van der Waals surface area contributed by atoms with Crippen LogP contribution in [0.4, 0.5) is 10.6 Å². The lowest BCUT2D eigenvalue weighted by atomic mass is 10.0. The second-order valence-electron chi connectivity index (χ2n) is 10.8. The van der Waals surface area contributed by atoms with Crippen molar-refractivity contribution in [2.45, 2.75) is 71.6 Å². The van der Waals surface area contributed by atoms with Gasteiger partial charge in [0.1, 0.15) is 22.7 Å². The van der Waals surface area contributed by atoms with Crippen molar-refractivity contribution in [3.8, 4) is 11.3 Å². The minimum Gasteiger partial charge on any atom is -0.444 e. The molecule has 0 saturated carbocycles. The fraction of sp³-hybridized carbons (Fsp3) is 0.481. The number of ether oxygens (including phenoxy) is 1. The second kappa shape index (κ2) is 11.1. The van der Waals surface area contributed by atoms with Gasteiger partial charge in [-0.2, -0.15) is 10.2 Å². The van der Waals surface area contributed by atoms with E-state index in [2.05, 4.69) is 5.10 Å². The van der Waals surface area contributed by atoms with E-state index in [0.29, 0.717) is 41.6 Å². The van der Waals surface area contributed by atoms with E-state index in [4.69, 9.17) is 32.9 Å². The van der Waals surface area contributed by atoms with E-state index in [1.807, 2.05) is 58.2 Å². The Morgan fingerprint density at radius 1 is 1.16 bits per heavy atom. The summed E-state index contributed by atoms with van der Waals surface area (Å²) < 4.78 is 9.06. The summed E-state index contributed by atoms with van der Waals surface area (Å²) >= 11 is 6.13. The summed E-state index contributed by atoms with van der Waals surface area (Å²) in [5, 5.41) is 10.1. The summed E-state index contributed by atoms with van der Waals surface area (Å²) in [5.74, 6) is -0.378. The zero-order chi connectivity index (χ0) is 27.6. The van der Waals surface area contributed by atoms with Crippen LogP contribution in [0.15, 0.2) is 30.5 Å². The van der Waals surface area contributed by atoms with Crippen molar-refractivity contribution in [3.05, 3.63) is 52.3 Å². The first-order chi connectivity index (χ1) is 17.9. The van der Waals surface area contributed by atoms with Gasteiger partial charge in [-0.3, -0.25) is 9.48 Å². The third-order valence-electron chi connectivity index (χ3n) is 6.56. The van der Waals surface area contributed by atoms with Crippen molar-refractivity contribution in [1.29, 1.82) is 0 Å². The molecule has 4 rings (SSSR count). The molecule has 10 nitrogen and oxygen atoms in total. The summed E-state index contributed by atoms with van der Waals surface area (Å²) in [6.07, 6.45) is 4.55. The predicted octanol–water partition coefficient (Wildman–Crippen LogP) is 4.79. The van der Waals surface area contributed by atoms with E-state index < -0.39 is 11.5 Å². The van der Waals surface area contributed by atoms with Crippen LogP contribution in [0.2, 0.25) is 5.02 Å². The number of amides is 2. The van der Waals surface area contributed by atoms with Gasteiger partial charge in [0.15, 0.2) is 0 Å². The summed E-state index contributed by atoms with van der Waals surface area (Å²) in [6.45, 7) is 9.13. The van der Waals surface area contributed by atoms with Gasteiger partial charge in [-0.1, -0.05) is 23.7 Å². The highest BCUT2D eigenvalue weighted by atomic mass is 35.5. The van der Waals surface area contributed by atoms with E-state index in [-0.39, 0.29) is 23.5 Å². The Labute approximate surface area is 227 Å². The number of benzene rings is 1. The fourth-order valence-electron chi connectivity index (χ4n) is 4.86. The highest BCUT2D eigenvalue weighted by Crippen LogP contribution is 2.34. The monoisotopic (exact) mass is 541 g/mol. The maximum Gasteiger partial charge on any atom is 0.410 e. The minimum absolute atomic E-state index is 0.0237. The second-order valence-corrected chi connectivity index (χ2v) is 11.2. The Balaban J connectivity index is 1.56. The number of nitrogens with two attached hydrogens (primary N) is 2. The van der Waals surface area contributed by atoms with Crippen molar-refractivity contribution < 1.29 is 14.3 Å². The third-order valence-corrected chi connectivity index (χ3v) is 6.79. The first-order valence-corrected chi connectivity index (χ1v) is 13.3. The van der Waals surface area contributed by atoms with Crippen LogP contribution in [0.5, 0.6) is 0 Å². The topological polar surface area (TPSA) is 134 Å². The van der Waals surface area contributed by atoms with E-state index in [9.17, 15) is 9.59 Å². The van der Waals surface area contributed by atoms with Gasteiger partial charge in [0, 0.05) is 29.9 Å². The molecule has 2 amide bonds. The maximum absolute atomic E-state index is 12.5. The summed E-state index contributed by atoms with van der Waals surface area (Å²) in [6, 6.07) is 7.55. The van der Waals surface area contributed by atoms with Crippen LogP contribution in [0, 0.1) is 6.92 Å². The molecule has 1 fully saturated rings. The molecule has 2 aromatic heterocycles. The number of carbonyl (C=O) groups is 2. The molecule has 38 heavy (non-hydrogen) atoms. The molecule has 1 aromatic carbocycles. The molecule has 204 valence electrons. The van der Waals surface area contributed by atoms with Gasteiger partial charge < -0.3 is 21.1 Å². The van der Waals surface area contributed by atoms with Crippen molar-refractivity contribution in [2.75, 3.05) is 18.8 Å². The number of rotatable bonds is 5. The summed E-state index contributed by atoms with van der Waals surface area (Å²) in [4.78, 5) is 26.8. The molecular formula is C27H36ClN7O3. The van der Waals surface area contributed by atoms with E-state index in [1.165, 1.54) is 0 Å². The number of primary amides is 1. The van der Waals surface area contributed by atoms with Gasteiger partial charge in [-0.15, -0.1) is 0 Å². The number of likely N-dealkylation sites (tertiary alicyclic amines) is 1. The normalized spacial score (nSPS) is 15.2. The Kier molecular flexibility index (Phi) is 8.01. The van der Waals surface area contributed by atoms with Crippen LogP contribution in [-0.4, -0.2) is 55.2 Å². The predicted molar refractivity (Wildman–Crippen MR) is 147 cm³/mol. The van der Waals surface area contributed by atoms with Gasteiger partial charge in [0.05, 0.1) is 18.3 Å². The molecule has 3 aromatic rings. The molecule has 11 heteroatoms. The van der Waals surface area contributed by atoms with E-state index >= 15 is 0 Å². The van der Waals surface area contributed by atoms with Crippen LogP contribution in [0.1, 0.15) is 74.1 Å². The SMILES string of the molecule is Cc1nn(Cc2cccc(Cl)c2)cc1-c1nn(C2CCCN(C(=O)OC(C)(C)C)CCC2)c(N)c1C(N)=O. The Bertz CT molecular complexity index is 1310. The molecule has 0 unspecified atom stereocenters. The van der Waals surface area contributed by atoms with Crippen LogP contribution in [0.3, 0.4) is 0 Å².